The van der Waals surface area contributed by atoms with E-state index < -0.39 is 0 Å². The predicted octanol–water partition coefficient (Wildman–Crippen LogP) is 7.11. The average molecular weight is 415 g/mol. The molecule has 0 N–H and O–H groups in total. The second-order valence-electron chi connectivity index (χ2n) is 6.50. The number of nitrogens with zero attached hydrogens (tertiary/aromatic N) is 2. The van der Waals surface area contributed by atoms with Crippen LogP contribution in [0.15, 0.2) is 99.7 Å². The molecule has 0 atom stereocenters. The van der Waals surface area contributed by atoms with Crippen molar-refractivity contribution in [3.63, 3.8) is 0 Å². The SMILES string of the molecule is Clc1ccc2oc(-c3ccccc3)c/c(=N/c3nc(-c4ccccc4)cs3)c2c1. The maximum Gasteiger partial charge on any atom is 0.210 e. The van der Waals surface area contributed by atoms with Crippen LogP contribution in [-0.4, -0.2) is 4.98 Å². The lowest BCUT2D eigenvalue weighted by molar-refractivity contribution is 0.618. The van der Waals surface area contributed by atoms with Gasteiger partial charge in [0.1, 0.15) is 11.3 Å². The molecular weight excluding hydrogens is 400 g/mol. The molecule has 140 valence electrons. The number of fused-ring (bicyclic) bond motifs is 1. The first kappa shape index (κ1) is 17.9. The van der Waals surface area contributed by atoms with Crippen LogP contribution < -0.4 is 5.36 Å². The van der Waals surface area contributed by atoms with Gasteiger partial charge < -0.3 is 4.42 Å². The molecule has 0 aliphatic rings. The Morgan fingerprint density at radius 1 is 0.828 bits per heavy atom. The molecule has 5 aromatic rings. The van der Waals surface area contributed by atoms with Crippen molar-refractivity contribution in [1.29, 1.82) is 0 Å². The number of rotatable bonds is 3. The molecule has 0 saturated heterocycles. The lowest BCUT2D eigenvalue weighted by Crippen LogP contribution is -2.03. The fourth-order valence-electron chi connectivity index (χ4n) is 3.14. The van der Waals surface area contributed by atoms with Crippen LogP contribution in [0.5, 0.6) is 0 Å². The Balaban J connectivity index is 1.69. The fraction of sp³-hybridized carbons (Fsp3) is 0. The maximum atomic E-state index is 6.24. The quantitative estimate of drug-likeness (QED) is 0.315. The molecule has 0 bridgehead atoms. The van der Waals surface area contributed by atoms with E-state index in [9.17, 15) is 0 Å². The topological polar surface area (TPSA) is 38.4 Å². The van der Waals surface area contributed by atoms with Gasteiger partial charge in [-0.2, -0.15) is 0 Å². The highest BCUT2D eigenvalue weighted by atomic mass is 35.5. The minimum Gasteiger partial charge on any atom is -0.456 e. The monoisotopic (exact) mass is 414 g/mol. The average Bonchev–Trinajstić information content (AvgIpc) is 3.24. The standard InChI is InChI=1S/C24H15ClN2OS/c25-18-11-12-22-19(13-18)20(14-23(28-22)17-9-5-2-6-10-17)26-24-27-21(15-29-24)16-7-3-1-4-8-16/h1-15H/b26-20-. The van der Waals surface area contributed by atoms with Gasteiger partial charge in [0.05, 0.1) is 11.1 Å². The van der Waals surface area contributed by atoms with E-state index in [-0.39, 0.29) is 0 Å². The first-order chi connectivity index (χ1) is 14.3. The van der Waals surface area contributed by atoms with Gasteiger partial charge in [-0.05, 0) is 18.2 Å². The summed E-state index contributed by atoms with van der Waals surface area (Å²) in [7, 11) is 0. The van der Waals surface area contributed by atoms with Gasteiger partial charge in [-0.3, -0.25) is 0 Å². The Kier molecular flexibility index (Phi) is 4.72. The third kappa shape index (κ3) is 3.73. The number of halogens is 1. The van der Waals surface area contributed by atoms with E-state index in [2.05, 4.69) is 0 Å². The van der Waals surface area contributed by atoms with Crippen molar-refractivity contribution in [2.75, 3.05) is 0 Å². The zero-order valence-corrected chi connectivity index (χ0v) is 16.8. The second kappa shape index (κ2) is 7.66. The first-order valence-corrected chi connectivity index (χ1v) is 10.4. The lowest BCUT2D eigenvalue weighted by atomic mass is 10.1. The molecule has 5 rings (SSSR count). The number of hydrogen-bond acceptors (Lipinski definition) is 4. The zero-order valence-electron chi connectivity index (χ0n) is 15.2. The lowest BCUT2D eigenvalue weighted by Gasteiger charge is -2.05. The summed E-state index contributed by atoms with van der Waals surface area (Å²) in [6.45, 7) is 0. The van der Waals surface area contributed by atoms with E-state index in [0.717, 1.165) is 38.9 Å². The molecular formula is C24H15ClN2OS. The molecule has 0 saturated carbocycles. The van der Waals surface area contributed by atoms with Gasteiger partial charge >= 0.3 is 0 Å². The van der Waals surface area contributed by atoms with Crippen LogP contribution in [0.1, 0.15) is 0 Å². The molecule has 0 aliphatic carbocycles. The van der Waals surface area contributed by atoms with Crippen molar-refractivity contribution in [1.82, 2.24) is 4.98 Å². The minimum atomic E-state index is 0.640. The van der Waals surface area contributed by atoms with Crippen LogP contribution >= 0.6 is 22.9 Å². The summed E-state index contributed by atoms with van der Waals surface area (Å²) in [5.74, 6) is 0.749. The van der Waals surface area contributed by atoms with Gasteiger partial charge in [-0.1, -0.05) is 72.3 Å². The molecule has 3 aromatic carbocycles. The number of aromatic nitrogens is 1. The second-order valence-corrected chi connectivity index (χ2v) is 7.77. The smallest absolute Gasteiger partial charge is 0.210 e. The molecule has 2 heterocycles. The van der Waals surface area contributed by atoms with E-state index in [1.807, 2.05) is 90.3 Å². The summed E-state index contributed by atoms with van der Waals surface area (Å²) in [4.78, 5) is 9.53. The molecule has 0 radical (unpaired) electrons. The third-order valence-electron chi connectivity index (χ3n) is 4.54. The number of benzene rings is 3. The Bertz CT molecular complexity index is 1360. The molecule has 3 nitrogen and oxygen atoms in total. The summed E-state index contributed by atoms with van der Waals surface area (Å²) in [6, 6.07) is 27.6. The Hall–Kier alpha value is -3.21. The van der Waals surface area contributed by atoms with Gasteiger partial charge in [0, 0.05) is 33.0 Å². The normalized spacial score (nSPS) is 11.8. The summed E-state index contributed by atoms with van der Waals surface area (Å²) in [5, 5.41) is 4.99. The van der Waals surface area contributed by atoms with Gasteiger partial charge in [0.25, 0.3) is 0 Å². The highest BCUT2D eigenvalue weighted by molar-refractivity contribution is 7.13. The molecule has 29 heavy (non-hydrogen) atoms. The molecule has 0 amide bonds. The molecule has 0 aliphatic heterocycles. The summed E-state index contributed by atoms with van der Waals surface area (Å²) in [6.07, 6.45) is 0. The fourth-order valence-corrected chi connectivity index (χ4v) is 4.02. The van der Waals surface area contributed by atoms with E-state index >= 15 is 0 Å². The van der Waals surface area contributed by atoms with Gasteiger partial charge in [0.2, 0.25) is 5.13 Å². The van der Waals surface area contributed by atoms with Crippen molar-refractivity contribution < 1.29 is 4.42 Å². The number of thiazole rings is 1. The minimum absolute atomic E-state index is 0.640. The largest absolute Gasteiger partial charge is 0.456 e. The van der Waals surface area contributed by atoms with Crippen molar-refractivity contribution in [2.45, 2.75) is 0 Å². The first-order valence-electron chi connectivity index (χ1n) is 9.11. The van der Waals surface area contributed by atoms with Crippen LogP contribution in [0.2, 0.25) is 5.02 Å². The molecule has 5 heteroatoms. The van der Waals surface area contributed by atoms with Gasteiger partial charge in [-0.25, -0.2) is 9.98 Å². The Morgan fingerprint density at radius 3 is 2.31 bits per heavy atom. The van der Waals surface area contributed by atoms with Crippen LogP contribution in [0, 0.1) is 0 Å². The van der Waals surface area contributed by atoms with E-state index in [1.54, 1.807) is 0 Å². The molecule has 0 unspecified atom stereocenters. The van der Waals surface area contributed by atoms with Crippen molar-refractivity contribution in [3.8, 4) is 22.6 Å². The van der Waals surface area contributed by atoms with Gasteiger partial charge in [-0.15, -0.1) is 11.3 Å². The maximum absolute atomic E-state index is 6.24. The highest BCUT2D eigenvalue weighted by Crippen LogP contribution is 2.28. The zero-order chi connectivity index (χ0) is 19.6. The van der Waals surface area contributed by atoms with E-state index in [4.69, 9.17) is 26.0 Å². The van der Waals surface area contributed by atoms with E-state index in [1.165, 1.54) is 11.3 Å². The molecule has 0 fully saturated rings. The van der Waals surface area contributed by atoms with Gasteiger partial charge in [0.15, 0.2) is 0 Å². The number of hydrogen-bond donors (Lipinski definition) is 0. The van der Waals surface area contributed by atoms with Crippen LogP contribution in [-0.2, 0) is 0 Å². The summed E-state index contributed by atoms with van der Waals surface area (Å²) >= 11 is 7.75. The Morgan fingerprint density at radius 2 is 1.55 bits per heavy atom. The highest BCUT2D eigenvalue weighted by Gasteiger charge is 2.08. The Labute approximate surface area is 176 Å². The third-order valence-corrected chi connectivity index (χ3v) is 5.51. The molecule has 0 spiro atoms. The summed E-state index contributed by atoms with van der Waals surface area (Å²) in [5.41, 5.74) is 3.71. The molecule has 2 aromatic heterocycles. The van der Waals surface area contributed by atoms with Crippen LogP contribution in [0.25, 0.3) is 33.6 Å². The van der Waals surface area contributed by atoms with Crippen molar-refractivity contribution in [3.05, 3.63) is 101 Å². The van der Waals surface area contributed by atoms with E-state index in [0.29, 0.717) is 10.2 Å². The van der Waals surface area contributed by atoms with Crippen LogP contribution in [0.3, 0.4) is 0 Å². The summed E-state index contributed by atoms with van der Waals surface area (Å²) < 4.78 is 6.12. The predicted molar refractivity (Wildman–Crippen MR) is 119 cm³/mol. The van der Waals surface area contributed by atoms with Crippen molar-refractivity contribution in [2.24, 2.45) is 4.99 Å². The van der Waals surface area contributed by atoms with Crippen molar-refractivity contribution >= 4 is 39.0 Å². The van der Waals surface area contributed by atoms with Crippen LogP contribution in [0.4, 0.5) is 5.13 Å².